The first kappa shape index (κ1) is 12.1. The molecule has 0 bridgehead atoms. The molecule has 2 aromatic heterocycles. The molecule has 0 spiro atoms. The first-order chi connectivity index (χ1) is 8.86. The average Bonchev–Trinajstić information content (AvgIpc) is 2.45. The van der Waals surface area contributed by atoms with Crippen LogP contribution in [0.2, 0.25) is 0 Å². The smallest absolute Gasteiger partial charge is 0.359 e. The van der Waals surface area contributed by atoms with Crippen molar-refractivity contribution in [3.05, 3.63) is 54.4 Å². The lowest BCUT2D eigenvalue weighted by Gasteiger charge is -2.04. The molecule has 0 atom stereocenters. The normalized spacial score (nSPS) is 10.0. The molecular formula is C12H12N4O2. The quantitative estimate of drug-likeness (QED) is 0.618. The lowest BCUT2D eigenvalue weighted by Crippen LogP contribution is -2.22. The van der Waals surface area contributed by atoms with Crippen molar-refractivity contribution in [1.29, 1.82) is 0 Å². The first-order valence-electron chi connectivity index (χ1n) is 5.45. The topological polar surface area (TPSA) is 77.0 Å². The van der Waals surface area contributed by atoms with Crippen LogP contribution in [0.1, 0.15) is 16.1 Å². The summed E-state index contributed by atoms with van der Waals surface area (Å²) < 4.78 is 0. The summed E-state index contributed by atoms with van der Waals surface area (Å²) in [5, 5.41) is 0. The Labute approximate surface area is 104 Å². The fraction of sp³-hybridized carbons (Fsp3) is 0.167. The highest BCUT2D eigenvalue weighted by Crippen LogP contribution is 1.96. The van der Waals surface area contributed by atoms with Crippen molar-refractivity contribution in [2.24, 2.45) is 0 Å². The van der Waals surface area contributed by atoms with Gasteiger partial charge in [0.2, 0.25) is 0 Å². The molecule has 0 aliphatic rings. The maximum Gasteiger partial charge on any atom is 0.359 e. The molecule has 6 heteroatoms. The summed E-state index contributed by atoms with van der Waals surface area (Å²) in [5.41, 5.74) is 3.83. The van der Waals surface area contributed by atoms with Crippen molar-refractivity contribution in [1.82, 2.24) is 20.4 Å². The van der Waals surface area contributed by atoms with Crippen LogP contribution in [0, 0.1) is 0 Å². The molecule has 0 aliphatic heterocycles. The van der Waals surface area contributed by atoms with Crippen molar-refractivity contribution < 1.29 is 9.63 Å². The number of nitrogens with one attached hydrogen (secondary N) is 1. The Balaban J connectivity index is 1.72. The van der Waals surface area contributed by atoms with Gasteiger partial charge in [0.25, 0.3) is 0 Å². The van der Waals surface area contributed by atoms with Crippen LogP contribution in [0.25, 0.3) is 0 Å². The molecule has 2 heterocycles. The first-order valence-corrected chi connectivity index (χ1v) is 5.45. The van der Waals surface area contributed by atoms with Crippen LogP contribution < -0.4 is 5.48 Å². The van der Waals surface area contributed by atoms with E-state index in [9.17, 15) is 4.79 Å². The van der Waals surface area contributed by atoms with E-state index < -0.39 is 5.97 Å². The molecular weight excluding hydrogens is 232 g/mol. The summed E-state index contributed by atoms with van der Waals surface area (Å²) in [4.78, 5) is 27.9. The largest absolute Gasteiger partial charge is 0.367 e. The molecule has 1 N–H and O–H groups in total. The van der Waals surface area contributed by atoms with Gasteiger partial charge < -0.3 is 4.84 Å². The van der Waals surface area contributed by atoms with Crippen LogP contribution in [-0.4, -0.2) is 27.5 Å². The number of hydrogen-bond donors (Lipinski definition) is 1. The number of hydroxylamine groups is 1. The van der Waals surface area contributed by atoms with E-state index in [1.165, 1.54) is 18.7 Å². The van der Waals surface area contributed by atoms with Gasteiger partial charge in [0, 0.05) is 37.3 Å². The van der Waals surface area contributed by atoms with E-state index in [-0.39, 0.29) is 0 Å². The number of carbonyl (C=O) groups is 1. The number of aromatic nitrogens is 3. The van der Waals surface area contributed by atoms with Gasteiger partial charge in [-0.05, 0) is 12.1 Å². The lowest BCUT2D eigenvalue weighted by atomic mass is 10.3. The Morgan fingerprint density at radius 2 is 2.11 bits per heavy atom. The van der Waals surface area contributed by atoms with Crippen molar-refractivity contribution in [2.45, 2.75) is 6.42 Å². The van der Waals surface area contributed by atoms with Gasteiger partial charge in [0.1, 0.15) is 6.33 Å². The third-order valence-electron chi connectivity index (χ3n) is 2.17. The molecule has 2 rings (SSSR count). The van der Waals surface area contributed by atoms with Crippen LogP contribution in [0.5, 0.6) is 0 Å². The Morgan fingerprint density at radius 3 is 2.83 bits per heavy atom. The van der Waals surface area contributed by atoms with E-state index in [4.69, 9.17) is 4.84 Å². The Hall–Kier alpha value is -2.34. The Kier molecular flexibility index (Phi) is 4.32. The highest BCUT2D eigenvalue weighted by atomic mass is 16.7. The lowest BCUT2D eigenvalue weighted by molar-refractivity contribution is 0.0255. The molecule has 0 aliphatic carbocycles. The molecule has 6 nitrogen and oxygen atoms in total. The van der Waals surface area contributed by atoms with Gasteiger partial charge in [-0.25, -0.2) is 14.8 Å². The van der Waals surface area contributed by atoms with Crippen LogP contribution in [0.3, 0.4) is 0 Å². The van der Waals surface area contributed by atoms with E-state index in [0.717, 1.165) is 5.69 Å². The van der Waals surface area contributed by atoms with Crippen molar-refractivity contribution in [3.63, 3.8) is 0 Å². The third-order valence-corrected chi connectivity index (χ3v) is 2.17. The van der Waals surface area contributed by atoms with Gasteiger partial charge in [-0.1, -0.05) is 6.07 Å². The monoisotopic (exact) mass is 244 g/mol. The van der Waals surface area contributed by atoms with Crippen LogP contribution in [0.4, 0.5) is 0 Å². The highest BCUT2D eigenvalue weighted by molar-refractivity contribution is 5.88. The zero-order valence-electron chi connectivity index (χ0n) is 9.61. The van der Waals surface area contributed by atoms with Crippen LogP contribution in [0.15, 0.2) is 43.1 Å². The second-order valence-electron chi connectivity index (χ2n) is 3.48. The zero-order valence-corrected chi connectivity index (χ0v) is 9.61. The second-order valence-corrected chi connectivity index (χ2v) is 3.48. The predicted octanol–water partition coefficient (Wildman–Crippen LogP) is 0.776. The second kappa shape index (κ2) is 6.41. The van der Waals surface area contributed by atoms with E-state index in [1.807, 2.05) is 18.2 Å². The Morgan fingerprint density at radius 1 is 1.28 bits per heavy atom. The molecule has 18 heavy (non-hydrogen) atoms. The number of rotatable bonds is 5. The minimum absolute atomic E-state index is 0.308. The van der Waals surface area contributed by atoms with E-state index in [1.54, 1.807) is 6.20 Å². The molecule has 0 saturated carbocycles. The minimum atomic E-state index is -0.503. The standard InChI is InChI=1S/C12H12N4O2/c17-12(10-7-13-9-14-8-10)18-16-6-4-11-3-1-2-5-15-11/h1-3,5,7-9,16H,4,6H2. The molecule has 2 aromatic rings. The van der Waals surface area contributed by atoms with Crippen molar-refractivity contribution in [3.8, 4) is 0 Å². The molecule has 92 valence electrons. The number of pyridine rings is 1. The van der Waals surface area contributed by atoms with Gasteiger partial charge in [0.05, 0.1) is 5.56 Å². The SMILES string of the molecule is O=C(ONCCc1ccccn1)c1cncnc1. The van der Waals surface area contributed by atoms with Crippen molar-refractivity contribution in [2.75, 3.05) is 6.54 Å². The summed E-state index contributed by atoms with van der Waals surface area (Å²) in [6.45, 7) is 0.496. The van der Waals surface area contributed by atoms with Crippen LogP contribution >= 0.6 is 0 Å². The summed E-state index contributed by atoms with van der Waals surface area (Å²) in [6.07, 6.45) is 6.55. The van der Waals surface area contributed by atoms with Crippen molar-refractivity contribution >= 4 is 5.97 Å². The molecule has 0 radical (unpaired) electrons. The fourth-order valence-electron chi connectivity index (χ4n) is 1.31. The summed E-state index contributed by atoms with van der Waals surface area (Å²) in [7, 11) is 0. The molecule has 0 unspecified atom stereocenters. The molecule has 0 aromatic carbocycles. The fourth-order valence-corrected chi connectivity index (χ4v) is 1.31. The maximum absolute atomic E-state index is 11.5. The molecule has 0 saturated heterocycles. The van der Waals surface area contributed by atoms with E-state index >= 15 is 0 Å². The third kappa shape index (κ3) is 3.60. The molecule has 0 amide bonds. The van der Waals surface area contributed by atoms with Gasteiger partial charge in [0.15, 0.2) is 0 Å². The van der Waals surface area contributed by atoms with Gasteiger partial charge in [-0.2, -0.15) is 5.48 Å². The highest BCUT2D eigenvalue weighted by Gasteiger charge is 2.06. The summed E-state index contributed by atoms with van der Waals surface area (Å²) in [5.74, 6) is -0.503. The predicted molar refractivity (Wildman–Crippen MR) is 63.4 cm³/mol. The van der Waals surface area contributed by atoms with Gasteiger partial charge >= 0.3 is 5.97 Å². The number of nitrogens with zero attached hydrogens (tertiary/aromatic N) is 3. The van der Waals surface area contributed by atoms with Gasteiger partial charge in [-0.15, -0.1) is 0 Å². The summed E-state index contributed by atoms with van der Waals surface area (Å²) in [6, 6.07) is 5.68. The minimum Gasteiger partial charge on any atom is -0.367 e. The molecule has 0 fully saturated rings. The van der Waals surface area contributed by atoms with Crippen LogP contribution in [-0.2, 0) is 11.3 Å². The Bertz CT molecular complexity index is 490. The van der Waals surface area contributed by atoms with Gasteiger partial charge in [-0.3, -0.25) is 4.98 Å². The number of hydrogen-bond acceptors (Lipinski definition) is 6. The van der Waals surface area contributed by atoms with E-state index in [0.29, 0.717) is 18.5 Å². The zero-order chi connectivity index (χ0) is 12.6. The average molecular weight is 244 g/mol. The maximum atomic E-state index is 11.5. The van der Waals surface area contributed by atoms with E-state index in [2.05, 4.69) is 20.4 Å². The number of carbonyl (C=O) groups excluding carboxylic acids is 1. The summed E-state index contributed by atoms with van der Waals surface area (Å²) >= 11 is 0.